The topological polar surface area (TPSA) is 107 Å². The highest BCUT2D eigenvalue weighted by molar-refractivity contribution is 6.58. The van der Waals surface area contributed by atoms with Gasteiger partial charge in [0.15, 0.2) is 0 Å². The number of hydrogen-bond acceptors (Lipinski definition) is 7. The highest BCUT2D eigenvalue weighted by Crippen LogP contribution is 2.43. The van der Waals surface area contributed by atoms with Gasteiger partial charge < -0.3 is 25.0 Å². The molecular weight excluding hydrogens is 550 g/mol. The predicted octanol–water partition coefficient (Wildman–Crippen LogP) is 2.73. The van der Waals surface area contributed by atoms with Crippen LogP contribution in [0.5, 0.6) is 0 Å². The SMILES string of the molecule is O=C1NC(c2ccc(C(F)(F)F)nc2C2CC2)=NC12CCN(c1cc(B(O)O)cc(F)c1COCC1(F)CC1)CC2. The maximum Gasteiger partial charge on any atom is 0.488 e. The van der Waals surface area contributed by atoms with E-state index in [1.165, 1.54) is 12.1 Å². The number of anilines is 1. The number of hydrogen-bond donors (Lipinski definition) is 3. The number of carbonyl (C=O) groups is 1. The fraction of sp³-hybridized carbons (Fsp3) is 0.519. The third kappa shape index (κ3) is 5.56. The van der Waals surface area contributed by atoms with E-state index in [0.717, 1.165) is 12.1 Å². The van der Waals surface area contributed by atoms with Crippen LogP contribution in [-0.4, -0.2) is 64.8 Å². The van der Waals surface area contributed by atoms with E-state index >= 15 is 4.39 Å². The number of rotatable bonds is 8. The van der Waals surface area contributed by atoms with Crippen LogP contribution >= 0.6 is 0 Å². The second-order valence-corrected chi connectivity index (χ2v) is 11.4. The predicted molar refractivity (Wildman–Crippen MR) is 139 cm³/mol. The molecule has 2 aliphatic heterocycles. The molecule has 3 heterocycles. The number of aromatic nitrogens is 1. The summed E-state index contributed by atoms with van der Waals surface area (Å²) in [6.07, 6.45) is -1.96. The zero-order valence-corrected chi connectivity index (χ0v) is 22.0. The Balaban J connectivity index is 1.24. The molecule has 1 aromatic carbocycles. The zero-order valence-electron chi connectivity index (χ0n) is 22.0. The second-order valence-electron chi connectivity index (χ2n) is 11.4. The number of nitrogens with zero attached hydrogens (tertiary/aromatic N) is 3. The first-order valence-electron chi connectivity index (χ1n) is 13.6. The van der Waals surface area contributed by atoms with Gasteiger partial charge in [0, 0.05) is 35.8 Å². The summed E-state index contributed by atoms with van der Waals surface area (Å²) in [5.74, 6) is -1.03. The Morgan fingerprint density at radius 2 is 1.83 bits per heavy atom. The number of nitrogens with one attached hydrogen (secondary N) is 1. The fourth-order valence-corrected chi connectivity index (χ4v) is 5.43. The second kappa shape index (κ2) is 10.0. The Morgan fingerprint density at radius 3 is 2.44 bits per heavy atom. The molecule has 2 aliphatic carbocycles. The van der Waals surface area contributed by atoms with Crippen LogP contribution in [0.3, 0.4) is 0 Å². The Labute approximate surface area is 232 Å². The Kier molecular flexibility index (Phi) is 6.85. The number of alkyl halides is 4. The van der Waals surface area contributed by atoms with Gasteiger partial charge in [0.05, 0.1) is 18.9 Å². The van der Waals surface area contributed by atoms with Gasteiger partial charge in [-0.25, -0.2) is 13.8 Å². The van der Waals surface area contributed by atoms with E-state index in [2.05, 4.69) is 15.3 Å². The number of benzene rings is 1. The summed E-state index contributed by atoms with van der Waals surface area (Å²) in [5, 5.41) is 22.1. The van der Waals surface area contributed by atoms with Crippen molar-refractivity contribution in [2.75, 3.05) is 24.6 Å². The summed E-state index contributed by atoms with van der Waals surface area (Å²) in [5.41, 5.74) is -2.47. The van der Waals surface area contributed by atoms with Crippen molar-refractivity contribution in [2.45, 2.75) is 68.4 Å². The minimum absolute atomic E-state index is 0.0629. The zero-order chi connectivity index (χ0) is 29.2. The first kappa shape index (κ1) is 28.0. The van der Waals surface area contributed by atoms with Gasteiger partial charge in [-0.05, 0) is 68.3 Å². The molecule has 218 valence electrons. The van der Waals surface area contributed by atoms with Crippen molar-refractivity contribution < 1.29 is 41.5 Å². The van der Waals surface area contributed by atoms with E-state index in [0.29, 0.717) is 36.9 Å². The first-order chi connectivity index (χ1) is 19.4. The van der Waals surface area contributed by atoms with Gasteiger partial charge in [-0.2, -0.15) is 13.2 Å². The quantitative estimate of drug-likeness (QED) is 0.329. The van der Waals surface area contributed by atoms with E-state index in [9.17, 15) is 32.4 Å². The minimum atomic E-state index is -4.59. The lowest BCUT2D eigenvalue weighted by atomic mass is 9.79. The monoisotopic (exact) mass is 578 g/mol. The lowest BCUT2D eigenvalue weighted by Gasteiger charge is -2.38. The van der Waals surface area contributed by atoms with E-state index in [1.807, 2.05) is 0 Å². The first-order valence-corrected chi connectivity index (χ1v) is 13.6. The maximum atomic E-state index is 15.1. The molecule has 41 heavy (non-hydrogen) atoms. The van der Waals surface area contributed by atoms with Crippen LogP contribution in [0.4, 0.5) is 27.6 Å². The van der Waals surface area contributed by atoms with Gasteiger partial charge in [0.1, 0.15) is 28.6 Å². The van der Waals surface area contributed by atoms with Gasteiger partial charge in [0.2, 0.25) is 0 Å². The van der Waals surface area contributed by atoms with Crippen molar-refractivity contribution in [1.82, 2.24) is 10.3 Å². The Hall–Kier alpha value is -3.10. The molecule has 1 spiro atoms. The van der Waals surface area contributed by atoms with Crippen molar-refractivity contribution in [3.05, 3.63) is 52.6 Å². The van der Waals surface area contributed by atoms with E-state index in [-0.39, 0.29) is 73.5 Å². The number of amides is 1. The summed E-state index contributed by atoms with van der Waals surface area (Å²) in [7, 11) is -1.92. The van der Waals surface area contributed by atoms with Crippen molar-refractivity contribution >= 4 is 30.0 Å². The van der Waals surface area contributed by atoms with Crippen molar-refractivity contribution in [1.29, 1.82) is 0 Å². The molecule has 1 aromatic heterocycles. The van der Waals surface area contributed by atoms with Crippen LogP contribution in [0.15, 0.2) is 29.3 Å². The molecule has 1 amide bonds. The number of pyridine rings is 1. The van der Waals surface area contributed by atoms with Gasteiger partial charge in [0.25, 0.3) is 5.91 Å². The standard InChI is InChI=1S/C27H28BF5N4O4/c29-19-11-16(28(39)40)12-20(18(19)13-41-14-25(30)5-6-25)37-9-7-26(8-10-37)24(38)35-23(36-26)17-3-4-21(27(31,32)33)34-22(17)15-1-2-15/h3-4,11-12,15,39-40H,1-2,5-10,13-14H2,(H,35,36,38). The molecule has 0 bridgehead atoms. The van der Waals surface area contributed by atoms with Gasteiger partial charge in [-0.15, -0.1) is 0 Å². The Bertz CT molecular complexity index is 1400. The van der Waals surface area contributed by atoms with Crippen molar-refractivity contribution in [3.63, 3.8) is 0 Å². The average Bonchev–Trinajstić information content (AvgIpc) is 3.85. The Morgan fingerprint density at radius 1 is 1.12 bits per heavy atom. The number of halogens is 5. The molecule has 0 unspecified atom stereocenters. The average molecular weight is 578 g/mol. The van der Waals surface area contributed by atoms with Crippen LogP contribution in [-0.2, 0) is 22.3 Å². The summed E-state index contributed by atoms with van der Waals surface area (Å²) in [6, 6.07) is 4.63. The van der Waals surface area contributed by atoms with Crippen LogP contribution in [0.2, 0.25) is 0 Å². The maximum absolute atomic E-state index is 15.1. The number of carbonyl (C=O) groups excluding carboxylic acids is 1. The van der Waals surface area contributed by atoms with Crippen LogP contribution < -0.4 is 15.7 Å². The van der Waals surface area contributed by atoms with Crippen molar-refractivity contribution in [2.24, 2.45) is 4.99 Å². The number of aliphatic imine (C=N–C) groups is 1. The van der Waals surface area contributed by atoms with Crippen LogP contribution in [0.25, 0.3) is 0 Å². The van der Waals surface area contributed by atoms with E-state index in [1.54, 1.807) is 4.90 Å². The highest BCUT2D eigenvalue weighted by Gasteiger charge is 2.48. The molecule has 3 N–H and O–H groups in total. The highest BCUT2D eigenvalue weighted by atomic mass is 19.4. The number of ether oxygens (including phenoxy) is 1. The molecule has 6 rings (SSSR count). The molecule has 2 saturated carbocycles. The summed E-state index contributed by atoms with van der Waals surface area (Å²) >= 11 is 0. The third-order valence-corrected chi connectivity index (χ3v) is 8.24. The van der Waals surface area contributed by atoms with Crippen molar-refractivity contribution in [3.8, 4) is 0 Å². The normalized spacial score (nSPS) is 21.2. The summed E-state index contributed by atoms with van der Waals surface area (Å²) in [6.45, 7) is 0.105. The summed E-state index contributed by atoms with van der Waals surface area (Å²) in [4.78, 5) is 23.5. The molecule has 2 aromatic rings. The molecule has 1 saturated heterocycles. The molecule has 14 heteroatoms. The fourth-order valence-electron chi connectivity index (χ4n) is 5.43. The number of amidine groups is 1. The van der Waals surface area contributed by atoms with Gasteiger partial charge in [-0.3, -0.25) is 9.79 Å². The minimum Gasteiger partial charge on any atom is -0.423 e. The number of piperidine rings is 1. The van der Waals surface area contributed by atoms with E-state index < -0.39 is 36.0 Å². The third-order valence-electron chi connectivity index (χ3n) is 8.24. The lowest BCUT2D eigenvalue weighted by molar-refractivity contribution is -0.141. The van der Waals surface area contributed by atoms with Crippen LogP contribution in [0.1, 0.15) is 67.0 Å². The summed E-state index contributed by atoms with van der Waals surface area (Å²) < 4.78 is 74.4. The lowest BCUT2D eigenvalue weighted by Crippen LogP contribution is -2.49. The van der Waals surface area contributed by atoms with Gasteiger partial charge in [-0.1, -0.05) is 0 Å². The smallest absolute Gasteiger partial charge is 0.423 e. The molecular formula is C27H28BF5N4O4. The molecule has 4 aliphatic rings. The molecule has 0 atom stereocenters. The van der Waals surface area contributed by atoms with Crippen LogP contribution in [0, 0.1) is 5.82 Å². The molecule has 0 radical (unpaired) electrons. The van der Waals surface area contributed by atoms with Gasteiger partial charge >= 0.3 is 13.3 Å². The largest absolute Gasteiger partial charge is 0.488 e. The molecule has 8 nitrogen and oxygen atoms in total. The van der Waals surface area contributed by atoms with E-state index in [4.69, 9.17) is 4.74 Å². The molecule has 3 fully saturated rings.